The van der Waals surface area contributed by atoms with Gasteiger partial charge in [-0.2, -0.15) is 0 Å². The highest BCUT2D eigenvalue weighted by molar-refractivity contribution is 6.30. The molecule has 107 heavy (non-hydrogen) atoms. The normalized spacial score (nSPS) is 24.2. The summed E-state index contributed by atoms with van der Waals surface area (Å²) in [5.41, 5.74) is -2.26. The fourth-order valence-electron chi connectivity index (χ4n) is 14.9. The van der Waals surface area contributed by atoms with Crippen molar-refractivity contribution in [2.24, 2.45) is 32.7 Å². The number of rotatable bonds is 28. The largest absolute Gasteiger partial charge is 0.472 e. The standard InChI is InChI=1S/C39H60ClN7O7.C38H58ClN7O7/c1-8-12-27(31(48)35(51)42-25-16-17-25)43-33(49)28-19-26(54-29-18-15-24(40)20-41-29)21-47(28)36(52)32(38(2,3)4)44-34(50)30(23-13-10-9-11-14-23)46(7)37-45-39(5,6)22-53-37;1-7-11-26(30(47)34(50)41-24-15-16-24)42-32(48)27-18-25(53-28-17-14-23(39)19-40-28)20-46(27)35(51)31(37(2,3)4)44-33(49)29(22-12-9-8-10-13-22)43-36-45-38(5,6)21-52-36/h15,18,20,23,25-28,30-32,48H,8-14,16-17,19,21-22H2,1-7H3,(H,42,51)(H,43,49)(H,44,50);14,17,19,22,24-27,29-31,47H,7-13,15-16,18,20-21H2,1-6H3,(H,41,50)(H,42,48)(H,43,45)(H,44,49)/t26-,27+,28+,30+,31?,32-;25-,26+,27+,29+,30?,31-/m11/s1. The zero-order valence-corrected chi connectivity index (χ0v) is 66.4. The molecule has 8 aliphatic rings. The highest BCUT2D eigenvalue weighted by atomic mass is 35.5. The summed E-state index contributed by atoms with van der Waals surface area (Å²) in [4.78, 5) is 135. The minimum absolute atomic E-state index is 0.0184. The second-order valence-corrected chi connectivity index (χ2v) is 34.9. The van der Waals surface area contributed by atoms with E-state index in [9.17, 15) is 48.6 Å². The minimum Gasteiger partial charge on any atom is -0.472 e. The van der Waals surface area contributed by atoms with E-state index >= 15 is 0 Å². The molecule has 0 bridgehead atoms. The first-order valence-electron chi connectivity index (χ1n) is 38.8. The summed E-state index contributed by atoms with van der Waals surface area (Å²) in [7, 11) is 1.83. The van der Waals surface area contributed by atoms with Gasteiger partial charge in [-0.3, -0.25) is 38.4 Å². The molecule has 0 spiro atoms. The van der Waals surface area contributed by atoms with Gasteiger partial charge in [-0.05, 0) is 127 Å². The number of pyridine rings is 2. The van der Waals surface area contributed by atoms with E-state index in [1.807, 2.05) is 95.0 Å². The number of likely N-dealkylation sites (tertiary alicyclic amines) is 2. The molecule has 594 valence electrons. The zero-order valence-electron chi connectivity index (χ0n) is 64.9. The summed E-state index contributed by atoms with van der Waals surface area (Å²) >= 11 is 12.1. The van der Waals surface area contributed by atoms with Gasteiger partial charge in [-0.15, -0.1) is 0 Å². The Morgan fingerprint density at radius 1 is 0.617 bits per heavy atom. The summed E-state index contributed by atoms with van der Waals surface area (Å²) in [5.74, 6) is -3.10. The number of amidine groups is 2. The van der Waals surface area contributed by atoms with Crippen LogP contribution in [-0.4, -0.2) is 223 Å². The van der Waals surface area contributed by atoms with Crippen LogP contribution in [0, 0.1) is 22.7 Å². The van der Waals surface area contributed by atoms with Gasteiger partial charge in [0.05, 0.1) is 46.3 Å². The number of aliphatic imine (C=N–C) groups is 2. The van der Waals surface area contributed by atoms with Gasteiger partial charge in [-0.25, -0.2) is 20.0 Å². The molecular weight excluding hydrogens is 1420 g/mol. The van der Waals surface area contributed by atoms with Gasteiger partial charge in [-0.1, -0.05) is 130 Å². The molecular formula is C77H118Cl2N14O14. The third kappa shape index (κ3) is 23.4. The molecule has 2 aromatic rings. The van der Waals surface area contributed by atoms with Crippen molar-refractivity contribution in [1.29, 1.82) is 0 Å². The van der Waals surface area contributed by atoms with Crippen molar-refractivity contribution in [3.05, 3.63) is 46.7 Å². The Bertz CT molecular complexity index is 3460. The molecule has 4 aliphatic carbocycles. The predicted octanol–water partition coefficient (Wildman–Crippen LogP) is 6.83. The molecule has 28 nitrogen and oxygen atoms in total. The van der Waals surface area contributed by atoms with E-state index in [2.05, 4.69) is 47.2 Å². The maximum Gasteiger partial charge on any atom is 0.288 e. The van der Waals surface area contributed by atoms with Gasteiger partial charge in [0.2, 0.25) is 47.2 Å². The predicted molar refractivity (Wildman–Crippen MR) is 405 cm³/mol. The van der Waals surface area contributed by atoms with E-state index in [1.54, 1.807) is 24.3 Å². The third-order valence-electron chi connectivity index (χ3n) is 21.1. The van der Waals surface area contributed by atoms with Crippen molar-refractivity contribution in [1.82, 2.24) is 61.9 Å². The molecule has 0 aromatic carbocycles. The topological polar surface area (TPSA) is 358 Å². The second kappa shape index (κ2) is 36.5. The lowest BCUT2D eigenvalue weighted by atomic mass is 9.81. The van der Waals surface area contributed by atoms with E-state index in [1.165, 1.54) is 22.2 Å². The molecule has 9 N–H and O–H groups in total. The van der Waals surface area contributed by atoms with Crippen molar-refractivity contribution >= 4 is 82.5 Å². The number of amides is 8. The van der Waals surface area contributed by atoms with Crippen molar-refractivity contribution in [2.75, 3.05) is 33.4 Å². The quantitative estimate of drug-likeness (QED) is 0.0421. The van der Waals surface area contributed by atoms with E-state index in [4.69, 9.17) is 52.1 Å². The number of nitrogens with zero attached hydrogens (tertiary/aromatic N) is 7. The molecule has 7 fully saturated rings. The van der Waals surface area contributed by atoms with Gasteiger partial charge in [0, 0.05) is 56.5 Å². The molecule has 10 rings (SSSR count). The highest BCUT2D eigenvalue weighted by Crippen LogP contribution is 2.36. The van der Waals surface area contributed by atoms with E-state index < -0.39 is 125 Å². The zero-order chi connectivity index (χ0) is 77.9. The summed E-state index contributed by atoms with van der Waals surface area (Å²) in [6.45, 7) is 23.9. The first kappa shape index (κ1) is 83.7. The Morgan fingerprint density at radius 2 is 1.06 bits per heavy atom. The number of aliphatic hydroxyl groups excluding tert-OH is 2. The Balaban J connectivity index is 0.000000247. The molecule has 3 saturated heterocycles. The van der Waals surface area contributed by atoms with Crippen molar-refractivity contribution in [3.63, 3.8) is 0 Å². The number of hydrogen-bond donors (Lipinski definition) is 9. The fraction of sp³-hybridized carbons (Fsp3) is 0.740. The molecule has 6 heterocycles. The summed E-state index contributed by atoms with van der Waals surface area (Å²) in [6, 6.07) is 0.105. The number of ether oxygens (including phenoxy) is 4. The van der Waals surface area contributed by atoms with Crippen molar-refractivity contribution in [2.45, 2.75) is 307 Å². The first-order chi connectivity index (χ1) is 50.5. The number of halogens is 2. The highest BCUT2D eigenvalue weighted by Gasteiger charge is 2.51. The first-order valence-corrected chi connectivity index (χ1v) is 39.6. The molecule has 4 aliphatic heterocycles. The molecule has 2 aromatic heterocycles. The van der Waals surface area contributed by atoms with Crippen LogP contribution in [0.3, 0.4) is 0 Å². The lowest BCUT2D eigenvalue weighted by Gasteiger charge is -2.39. The van der Waals surface area contributed by atoms with Crippen molar-refractivity contribution in [3.8, 4) is 11.8 Å². The summed E-state index contributed by atoms with van der Waals surface area (Å²) < 4.78 is 24.1. The van der Waals surface area contributed by atoms with Crippen LogP contribution in [0.5, 0.6) is 11.8 Å². The lowest BCUT2D eigenvalue weighted by molar-refractivity contribution is -0.145. The number of aromatic nitrogens is 2. The molecule has 30 heteroatoms. The number of aliphatic hydroxyl groups is 2. The number of nitrogens with one attached hydrogen (secondary N) is 7. The average Bonchev–Trinajstić information content (AvgIpc) is 1.72. The Labute approximate surface area is 640 Å². The van der Waals surface area contributed by atoms with E-state index in [0.29, 0.717) is 61.0 Å². The average molecular weight is 1530 g/mol. The number of carbonyl (C=O) groups is 8. The molecule has 0 radical (unpaired) electrons. The number of likely N-dealkylation sites (N-methyl/N-ethyl adjacent to an activating group) is 1. The maximum atomic E-state index is 14.8. The third-order valence-corrected chi connectivity index (χ3v) is 21.6. The maximum absolute atomic E-state index is 14.8. The summed E-state index contributed by atoms with van der Waals surface area (Å²) in [6.07, 6.45) is 13.9. The van der Waals surface area contributed by atoms with Gasteiger partial charge in [0.15, 0.2) is 12.2 Å². The van der Waals surface area contributed by atoms with Gasteiger partial charge >= 0.3 is 0 Å². The Hall–Kier alpha value is -7.30. The van der Waals surface area contributed by atoms with Crippen LogP contribution < -0.4 is 46.7 Å². The van der Waals surface area contributed by atoms with Gasteiger partial charge < -0.3 is 81.1 Å². The van der Waals surface area contributed by atoms with Crippen LogP contribution in [-0.2, 0) is 47.8 Å². The van der Waals surface area contributed by atoms with Gasteiger partial charge in [0.25, 0.3) is 23.9 Å². The summed E-state index contributed by atoms with van der Waals surface area (Å²) in [5, 5.41) is 43.7. The number of hydrogen-bond acceptors (Lipinski definition) is 19. The van der Waals surface area contributed by atoms with Crippen molar-refractivity contribution < 1.29 is 67.5 Å². The van der Waals surface area contributed by atoms with E-state index in [-0.39, 0.29) is 79.0 Å². The molecule has 8 amide bonds. The van der Waals surface area contributed by atoms with Crippen LogP contribution in [0.25, 0.3) is 0 Å². The van der Waals surface area contributed by atoms with Crippen LogP contribution in [0.2, 0.25) is 10.0 Å². The molecule has 2 unspecified atom stereocenters. The van der Waals surface area contributed by atoms with E-state index in [0.717, 1.165) is 89.9 Å². The van der Waals surface area contributed by atoms with Crippen LogP contribution in [0.15, 0.2) is 46.6 Å². The fourth-order valence-corrected chi connectivity index (χ4v) is 15.1. The van der Waals surface area contributed by atoms with Gasteiger partial charge in [0.1, 0.15) is 61.7 Å². The Kier molecular flexibility index (Phi) is 28.5. The lowest BCUT2D eigenvalue weighted by Crippen LogP contribution is -2.62. The SMILES string of the molecule is CCC[C@H](NC(=O)[C@@H]1C[C@@H](Oc2ccc(Cl)cn2)CN1C(=O)[C@@H](NC(=O)[C@@H](N=C1NC(C)(C)CO1)C1CCCCC1)C(C)(C)C)C(O)C(=O)NC1CC1.CCC[C@H](NC(=O)[C@@H]1C[C@@H](Oc2ccc(Cl)cn2)CN1C(=O)[C@@H](NC(=O)[C@H](C1CCCCC1)N(C)C1=NC(C)(C)CO1)C(C)(C)C)C(O)C(=O)NC1CC1. The van der Waals surface area contributed by atoms with Crippen LogP contribution in [0.4, 0.5) is 0 Å². The monoisotopic (exact) mass is 1530 g/mol. The molecule has 4 saturated carbocycles. The smallest absolute Gasteiger partial charge is 0.288 e. The van der Waals surface area contributed by atoms with Crippen LogP contribution >= 0.6 is 23.2 Å². The number of carbonyl (C=O) groups excluding carboxylic acids is 8. The minimum atomic E-state index is -1.46. The van der Waals surface area contributed by atoms with Crippen LogP contribution in [0.1, 0.15) is 212 Å². The Morgan fingerprint density at radius 3 is 1.43 bits per heavy atom. The second-order valence-electron chi connectivity index (χ2n) is 34.0. The molecule has 12 atom stereocenters.